The zero-order valence-electron chi connectivity index (χ0n) is 16.6. The lowest BCUT2D eigenvalue weighted by Gasteiger charge is -2.09. The predicted molar refractivity (Wildman–Crippen MR) is 115 cm³/mol. The highest BCUT2D eigenvalue weighted by molar-refractivity contribution is 8.00. The van der Waals surface area contributed by atoms with Crippen LogP contribution in [-0.2, 0) is 16.1 Å². The van der Waals surface area contributed by atoms with Crippen LogP contribution in [0.25, 0.3) is 22.4 Å². The normalized spacial score (nSPS) is 18.4. The fourth-order valence-electron chi connectivity index (χ4n) is 3.55. The summed E-state index contributed by atoms with van der Waals surface area (Å²) >= 11 is 1.18. The van der Waals surface area contributed by atoms with E-state index in [4.69, 9.17) is 9.15 Å². The van der Waals surface area contributed by atoms with Crippen molar-refractivity contribution in [3.8, 4) is 11.6 Å². The molecule has 9 heteroatoms. The molecule has 0 bridgehead atoms. The van der Waals surface area contributed by atoms with Crippen LogP contribution in [-0.4, -0.2) is 37.3 Å². The van der Waals surface area contributed by atoms with Crippen LogP contribution in [0.3, 0.4) is 0 Å². The van der Waals surface area contributed by atoms with Crippen LogP contribution in [0.1, 0.15) is 18.9 Å². The number of rotatable bonds is 5. The van der Waals surface area contributed by atoms with E-state index in [1.54, 1.807) is 12.1 Å². The van der Waals surface area contributed by atoms with Gasteiger partial charge in [-0.2, -0.15) is 5.10 Å². The van der Waals surface area contributed by atoms with Gasteiger partial charge >= 0.3 is 5.97 Å². The van der Waals surface area contributed by atoms with Gasteiger partial charge in [-0.15, -0.1) is 10.2 Å². The first-order valence-corrected chi connectivity index (χ1v) is 10.7. The molecule has 0 spiro atoms. The molecule has 1 fully saturated rings. The summed E-state index contributed by atoms with van der Waals surface area (Å²) in [6.07, 6.45) is 0.462. The van der Waals surface area contributed by atoms with E-state index in [9.17, 15) is 9.59 Å². The van der Waals surface area contributed by atoms with Gasteiger partial charge in [-0.3, -0.25) is 9.59 Å². The average molecular weight is 434 g/mol. The molecule has 31 heavy (non-hydrogen) atoms. The molecule has 4 aromatic rings. The van der Waals surface area contributed by atoms with Crippen molar-refractivity contribution in [1.29, 1.82) is 0 Å². The molecule has 2 atom stereocenters. The third kappa shape index (κ3) is 3.84. The second-order valence-electron chi connectivity index (χ2n) is 7.31. The number of benzene rings is 2. The number of esters is 1. The van der Waals surface area contributed by atoms with Gasteiger partial charge in [0.1, 0.15) is 11.4 Å². The number of ether oxygens (including phenoxy) is 1. The molecule has 3 heterocycles. The van der Waals surface area contributed by atoms with Crippen LogP contribution in [0.2, 0.25) is 0 Å². The van der Waals surface area contributed by atoms with Gasteiger partial charge in [0.2, 0.25) is 0 Å². The van der Waals surface area contributed by atoms with Crippen LogP contribution in [0.5, 0.6) is 0 Å². The smallest absolute Gasteiger partial charge is 0.320 e. The first kappa shape index (κ1) is 19.5. The third-order valence-electron chi connectivity index (χ3n) is 5.02. The van der Waals surface area contributed by atoms with Gasteiger partial charge in [-0.1, -0.05) is 48.5 Å². The van der Waals surface area contributed by atoms with Gasteiger partial charge in [-0.25, -0.2) is 4.68 Å². The number of hydrogen-bond acceptors (Lipinski definition) is 8. The van der Waals surface area contributed by atoms with E-state index >= 15 is 0 Å². The standard InChI is InChI=1S/C22H18N4O4S/c1-13-11-17(21(28)29-13)31-22-24-23-19(30-22)18-15-9-5-6-10-16(15)20(27)26(25-18)12-14-7-3-2-4-8-14/h2-10,13,17H,11-12H2,1H3/t13-,17-/m1/s1. The second kappa shape index (κ2) is 7.99. The molecular formula is C22H18N4O4S. The van der Waals surface area contributed by atoms with Gasteiger partial charge in [0.25, 0.3) is 16.7 Å². The highest BCUT2D eigenvalue weighted by Crippen LogP contribution is 2.33. The Morgan fingerprint density at radius 1 is 1.03 bits per heavy atom. The van der Waals surface area contributed by atoms with E-state index in [2.05, 4.69) is 15.3 Å². The van der Waals surface area contributed by atoms with Crippen LogP contribution >= 0.6 is 11.8 Å². The predicted octanol–water partition coefficient (Wildman–Crippen LogP) is 3.29. The van der Waals surface area contributed by atoms with Gasteiger partial charge in [0.05, 0.1) is 11.9 Å². The Bertz CT molecular complexity index is 1320. The van der Waals surface area contributed by atoms with Crippen molar-refractivity contribution < 1.29 is 13.9 Å². The molecule has 1 aliphatic rings. The number of nitrogens with zero attached hydrogens (tertiary/aromatic N) is 4. The van der Waals surface area contributed by atoms with Gasteiger partial charge in [0.15, 0.2) is 5.69 Å². The molecule has 156 valence electrons. The lowest BCUT2D eigenvalue weighted by Crippen LogP contribution is -2.24. The molecule has 2 aromatic heterocycles. The van der Waals surface area contributed by atoms with Crippen molar-refractivity contribution in [1.82, 2.24) is 20.0 Å². The maximum atomic E-state index is 13.0. The summed E-state index contributed by atoms with van der Waals surface area (Å²) in [5.41, 5.74) is 1.18. The second-order valence-corrected chi connectivity index (χ2v) is 8.46. The number of aromatic nitrogens is 4. The van der Waals surface area contributed by atoms with Crippen molar-refractivity contribution >= 4 is 28.5 Å². The molecule has 0 radical (unpaired) electrons. The van der Waals surface area contributed by atoms with Crippen LogP contribution < -0.4 is 5.56 Å². The van der Waals surface area contributed by atoms with Crippen LogP contribution in [0, 0.1) is 0 Å². The third-order valence-corrected chi connectivity index (χ3v) is 6.06. The van der Waals surface area contributed by atoms with Crippen molar-refractivity contribution in [2.24, 2.45) is 0 Å². The Kier molecular flexibility index (Phi) is 5.03. The SMILES string of the molecule is C[C@@H]1C[C@@H](Sc2nnc(-c3nn(Cc4ccccc4)c(=O)c4ccccc34)o2)C(=O)O1. The molecule has 0 aliphatic carbocycles. The molecule has 0 saturated carbocycles. The Morgan fingerprint density at radius 3 is 2.52 bits per heavy atom. The van der Waals surface area contributed by atoms with E-state index in [1.807, 2.05) is 49.4 Å². The number of hydrogen-bond donors (Lipinski definition) is 0. The molecule has 1 aliphatic heterocycles. The molecule has 0 unspecified atom stereocenters. The van der Waals surface area contributed by atoms with E-state index in [-0.39, 0.29) is 34.0 Å². The van der Waals surface area contributed by atoms with Crippen molar-refractivity contribution in [3.05, 3.63) is 70.5 Å². The Hall–Kier alpha value is -3.46. The Labute approximate surface area is 181 Å². The monoisotopic (exact) mass is 434 g/mol. The zero-order valence-corrected chi connectivity index (χ0v) is 17.4. The largest absolute Gasteiger partial charge is 0.462 e. The van der Waals surface area contributed by atoms with Crippen molar-refractivity contribution in [3.63, 3.8) is 0 Å². The van der Waals surface area contributed by atoms with Crippen molar-refractivity contribution in [2.45, 2.75) is 36.5 Å². The molecule has 8 nitrogen and oxygen atoms in total. The van der Waals surface area contributed by atoms with Gasteiger partial charge in [-0.05, 0) is 30.3 Å². The minimum absolute atomic E-state index is 0.125. The van der Waals surface area contributed by atoms with Gasteiger partial charge < -0.3 is 9.15 Å². The van der Waals surface area contributed by atoms with E-state index in [0.29, 0.717) is 29.4 Å². The summed E-state index contributed by atoms with van der Waals surface area (Å²) in [7, 11) is 0. The number of thioether (sulfide) groups is 1. The fraction of sp³-hybridized carbons (Fsp3) is 0.227. The first-order chi connectivity index (χ1) is 15.1. The molecule has 5 rings (SSSR count). The summed E-state index contributed by atoms with van der Waals surface area (Å²) in [6, 6.07) is 16.8. The lowest BCUT2D eigenvalue weighted by molar-refractivity contribution is -0.140. The van der Waals surface area contributed by atoms with Crippen molar-refractivity contribution in [2.75, 3.05) is 0 Å². The summed E-state index contributed by atoms with van der Waals surface area (Å²) < 4.78 is 12.4. The highest BCUT2D eigenvalue weighted by Gasteiger charge is 2.34. The number of cyclic esters (lactones) is 1. The molecule has 1 saturated heterocycles. The van der Waals surface area contributed by atoms with E-state index in [1.165, 1.54) is 16.4 Å². The minimum Gasteiger partial charge on any atom is -0.462 e. The molecule has 0 amide bonds. The van der Waals surface area contributed by atoms with Crippen LogP contribution in [0.15, 0.2) is 69.0 Å². The summed E-state index contributed by atoms with van der Waals surface area (Å²) in [4.78, 5) is 24.9. The van der Waals surface area contributed by atoms with Gasteiger partial charge in [0, 0.05) is 11.8 Å². The summed E-state index contributed by atoms with van der Waals surface area (Å²) in [5.74, 6) is -0.0860. The zero-order chi connectivity index (χ0) is 21.4. The van der Waals surface area contributed by atoms with E-state index in [0.717, 1.165) is 5.56 Å². The molecule has 0 N–H and O–H groups in total. The maximum absolute atomic E-state index is 13.0. The van der Waals surface area contributed by atoms with E-state index < -0.39 is 0 Å². The summed E-state index contributed by atoms with van der Waals surface area (Å²) in [5, 5.41) is 13.8. The number of carbonyl (C=O) groups excluding carboxylic acids is 1. The van der Waals surface area contributed by atoms with Crippen LogP contribution in [0.4, 0.5) is 0 Å². The molecular weight excluding hydrogens is 416 g/mol. The number of fused-ring (bicyclic) bond motifs is 1. The number of carbonyl (C=O) groups is 1. The Balaban J connectivity index is 1.54. The summed E-state index contributed by atoms with van der Waals surface area (Å²) in [6.45, 7) is 2.17. The lowest BCUT2D eigenvalue weighted by atomic mass is 10.1. The maximum Gasteiger partial charge on any atom is 0.320 e. The first-order valence-electron chi connectivity index (χ1n) is 9.83. The fourth-order valence-corrected chi connectivity index (χ4v) is 4.53. The molecule has 2 aromatic carbocycles. The highest BCUT2D eigenvalue weighted by atomic mass is 32.2. The average Bonchev–Trinajstić information content (AvgIpc) is 3.37. The topological polar surface area (TPSA) is 100 Å². The Morgan fingerprint density at radius 2 is 1.77 bits per heavy atom. The minimum atomic E-state index is -0.375. The quantitative estimate of drug-likeness (QED) is 0.441.